The van der Waals surface area contributed by atoms with Crippen molar-refractivity contribution in [2.75, 3.05) is 11.9 Å². The number of carboxylic acid groups (broad SMARTS) is 1. The largest absolute Gasteiger partial charge is 0.478 e. The molecule has 3 rings (SSSR count). The Morgan fingerprint density at radius 1 is 1.16 bits per heavy atom. The molecular formula is C17H18N6O2. The quantitative estimate of drug-likeness (QED) is 0.735. The highest BCUT2D eigenvalue weighted by molar-refractivity contribution is 5.88. The Morgan fingerprint density at radius 2 is 1.96 bits per heavy atom. The zero-order valence-corrected chi connectivity index (χ0v) is 14.0. The van der Waals surface area contributed by atoms with Crippen LogP contribution in [0.2, 0.25) is 0 Å². The lowest BCUT2D eigenvalue weighted by Gasteiger charge is -2.17. The van der Waals surface area contributed by atoms with E-state index in [2.05, 4.69) is 31.4 Å². The molecule has 0 saturated heterocycles. The second-order valence-corrected chi connectivity index (χ2v) is 5.46. The molecule has 3 heterocycles. The smallest absolute Gasteiger partial charge is 0.335 e. The van der Waals surface area contributed by atoms with Crippen LogP contribution in [-0.4, -0.2) is 42.6 Å². The molecule has 0 aliphatic carbocycles. The summed E-state index contributed by atoms with van der Waals surface area (Å²) in [7, 11) is 1.88. The van der Waals surface area contributed by atoms with Crippen molar-refractivity contribution in [3.63, 3.8) is 0 Å². The molecule has 0 unspecified atom stereocenters. The molecule has 0 amide bonds. The average Bonchev–Trinajstić information content (AvgIpc) is 3.09. The van der Waals surface area contributed by atoms with Crippen LogP contribution in [0.5, 0.6) is 0 Å². The number of anilines is 1. The highest BCUT2D eigenvalue weighted by atomic mass is 16.4. The van der Waals surface area contributed by atoms with Gasteiger partial charge in [0.1, 0.15) is 5.82 Å². The molecule has 25 heavy (non-hydrogen) atoms. The van der Waals surface area contributed by atoms with Gasteiger partial charge < -0.3 is 14.6 Å². The van der Waals surface area contributed by atoms with E-state index < -0.39 is 5.97 Å². The van der Waals surface area contributed by atoms with Gasteiger partial charge in [-0.05, 0) is 25.1 Å². The standard InChI is InChI=1S/C17H18N6O2/c1-3-23-9-8-19-15(23)11-22(2)17-20-7-5-13(21-17)14-10-12(16(24)25)4-6-18-14/h4-10H,3,11H2,1-2H3,(H,24,25). The van der Waals surface area contributed by atoms with Crippen molar-refractivity contribution in [3.8, 4) is 11.4 Å². The Bertz CT molecular complexity index is 892. The summed E-state index contributed by atoms with van der Waals surface area (Å²) in [6.45, 7) is 3.46. The monoisotopic (exact) mass is 338 g/mol. The molecule has 8 heteroatoms. The number of nitrogens with zero attached hydrogens (tertiary/aromatic N) is 6. The molecule has 0 aromatic carbocycles. The van der Waals surface area contributed by atoms with Gasteiger partial charge in [0.2, 0.25) is 5.95 Å². The zero-order valence-electron chi connectivity index (χ0n) is 14.0. The topological polar surface area (TPSA) is 97.0 Å². The SMILES string of the molecule is CCn1ccnc1CN(C)c1nccc(-c2cc(C(=O)O)ccn2)n1. The summed E-state index contributed by atoms with van der Waals surface area (Å²) in [6.07, 6.45) is 6.80. The zero-order chi connectivity index (χ0) is 17.8. The maximum atomic E-state index is 11.1. The molecule has 8 nitrogen and oxygen atoms in total. The second kappa shape index (κ2) is 7.08. The third-order valence-electron chi connectivity index (χ3n) is 3.77. The number of hydrogen-bond acceptors (Lipinski definition) is 6. The Balaban J connectivity index is 1.86. The fourth-order valence-corrected chi connectivity index (χ4v) is 2.44. The van der Waals surface area contributed by atoms with Gasteiger partial charge in [0.15, 0.2) is 0 Å². The van der Waals surface area contributed by atoms with Crippen LogP contribution in [0.25, 0.3) is 11.4 Å². The van der Waals surface area contributed by atoms with Crippen molar-refractivity contribution in [2.45, 2.75) is 20.0 Å². The first-order valence-corrected chi connectivity index (χ1v) is 7.82. The van der Waals surface area contributed by atoms with Crippen LogP contribution in [0.15, 0.2) is 43.0 Å². The van der Waals surface area contributed by atoms with Crippen molar-refractivity contribution in [2.24, 2.45) is 0 Å². The van der Waals surface area contributed by atoms with Crippen LogP contribution < -0.4 is 4.90 Å². The van der Waals surface area contributed by atoms with Crippen molar-refractivity contribution in [1.82, 2.24) is 24.5 Å². The van der Waals surface area contributed by atoms with E-state index >= 15 is 0 Å². The van der Waals surface area contributed by atoms with Crippen molar-refractivity contribution < 1.29 is 9.90 Å². The summed E-state index contributed by atoms with van der Waals surface area (Å²) in [4.78, 5) is 30.4. The summed E-state index contributed by atoms with van der Waals surface area (Å²) in [5, 5.41) is 9.11. The van der Waals surface area contributed by atoms with Crippen molar-refractivity contribution in [3.05, 3.63) is 54.4 Å². The van der Waals surface area contributed by atoms with E-state index in [-0.39, 0.29) is 5.56 Å². The van der Waals surface area contributed by atoms with E-state index in [1.165, 1.54) is 18.3 Å². The molecule has 1 N–H and O–H groups in total. The van der Waals surface area contributed by atoms with E-state index in [0.29, 0.717) is 23.9 Å². The van der Waals surface area contributed by atoms with E-state index in [1.54, 1.807) is 18.5 Å². The predicted octanol–water partition coefficient (Wildman–Crippen LogP) is 2.09. The van der Waals surface area contributed by atoms with E-state index in [0.717, 1.165) is 12.4 Å². The summed E-state index contributed by atoms with van der Waals surface area (Å²) in [5.41, 5.74) is 1.23. The molecule has 0 aliphatic rings. The van der Waals surface area contributed by atoms with Crippen LogP contribution in [0.4, 0.5) is 5.95 Å². The highest BCUT2D eigenvalue weighted by Gasteiger charge is 2.12. The normalized spacial score (nSPS) is 10.6. The van der Waals surface area contributed by atoms with Crippen LogP contribution in [0.3, 0.4) is 0 Å². The molecule has 128 valence electrons. The van der Waals surface area contributed by atoms with E-state index in [1.807, 2.05) is 18.1 Å². The Hall–Kier alpha value is -3.29. The Labute approximate surface area is 144 Å². The summed E-state index contributed by atoms with van der Waals surface area (Å²) in [5.74, 6) is 0.442. The maximum absolute atomic E-state index is 11.1. The minimum atomic E-state index is -0.999. The fourth-order valence-electron chi connectivity index (χ4n) is 2.44. The van der Waals surface area contributed by atoms with Gasteiger partial charge in [-0.3, -0.25) is 4.98 Å². The van der Waals surface area contributed by atoms with E-state index in [9.17, 15) is 4.79 Å². The lowest BCUT2D eigenvalue weighted by atomic mass is 10.2. The number of imidazole rings is 1. The Kier molecular flexibility index (Phi) is 4.69. The first kappa shape index (κ1) is 16.6. The molecule has 0 fully saturated rings. The number of carboxylic acids is 1. The maximum Gasteiger partial charge on any atom is 0.335 e. The number of carbonyl (C=O) groups is 1. The number of aromatic nitrogens is 5. The summed E-state index contributed by atoms with van der Waals surface area (Å²) < 4.78 is 2.05. The number of hydrogen-bond donors (Lipinski definition) is 1. The number of aryl methyl sites for hydroxylation is 1. The second-order valence-electron chi connectivity index (χ2n) is 5.46. The molecule has 0 bridgehead atoms. The molecule has 0 radical (unpaired) electrons. The van der Waals surface area contributed by atoms with Gasteiger partial charge >= 0.3 is 5.97 Å². The third kappa shape index (κ3) is 3.63. The summed E-state index contributed by atoms with van der Waals surface area (Å²) >= 11 is 0. The lowest BCUT2D eigenvalue weighted by Crippen LogP contribution is -2.21. The number of aromatic carboxylic acids is 1. The molecule has 0 atom stereocenters. The molecule has 3 aromatic heterocycles. The molecular weight excluding hydrogens is 320 g/mol. The number of pyridine rings is 1. The van der Waals surface area contributed by atoms with Gasteiger partial charge in [-0.15, -0.1) is 0 Å². The van der Waals surface area contributed by atoms with Gasteiger partial charge in [-0.25, -0.2) is 19.7 Å². The first-order chi connectivity index (χ1) is 12.1. The Morgan fingerprint density at radius 3 is 2.72 bits per heavy atom. The predicted molar refractivity (Wildman–Crippen MR) is 92.2 cm³/mol. The fraction of sp³-hybridized carbons (Fsp3) is 0.235. The van der Waals surface area contributed by atoms with Gasteiger partial charge in [-0.1, -0.05) is 0 Å². The average molecular weight is 338 g/mol. The summed E-state index contributed by atoms with van der Waals surface area (Å²) in [6, 6.07) is 4.65. The van der Waals surface area contributed by atoms with Gasteiger partial charge in [0, 0.05) is 38.4 Å². The van der Waals surface area contributed by atoms with Crippen LogP contribution in [-0.2, 0) is 13.1 Å². The van der Waals surface area contributed by atoms with Crippen molar-refractivity contribution >= 4 is 11.9 Å². The molecule has 0 aliphatic heterocycles. The van der Waals surface area contributed by atoms with Crippen LogP contribution >= 0.6 is 0 Å². The van der Waals surface area contributed by atoms with Crippen LogP contribution in [0.1, 0.15) is 23.1 Å². The minimum Gasteiger partial charge on any atom is -0.478 e. The molecule has 0 spiro atoms. The number of rotatable bonds is 6. The molecule has 0 saturated carbocycles. The lowest BCUT2D eigenvalue weighted by molar-refractivity contribution is 0.0697. The minimum absolute atomic E-state index is 0.170. The van der Waals surface area contributed by atoms with Gasteiger partial charge in [0.05, 0.1) is 23.5 Å². The van der Waals surface area contributed by atoms with Crippen molar-refractivity contribution in [1.29, 1.82) is 0 Å². The third-order valence-corrected chi connectivity index (χ3v) is 3.77. The highest BCUT2D eigenvalue weighted by Crippen LogP contribution is 2.18. The van der Waals surface area contributed by atoms with Gasteiger partial charge in [0.25, 0.3) is 0 Å². The van der Waals surface area contributed by atoms with Crippen LogP contribution in [0, 0.1) is 0 Å². The van der Waals surface area contributed by atoms with Gasteiger partial charge in [-0.2, -0.15) is 0 Å². The van der Waals surface area contributed by atoms with E-state index in [4.69, 9.17) is 5.11 Å². The first-order valence-electron chi connectivity index (χ1n) is 7.82. The molecule has 3 aromatic rings.